The highest BCUT2D eigenvalue weighted by molar-refractivity contribution is 5.88. The van der Waals surface area contributed by atoms with Crippen molar-refractivity contribution in [2.45, 2.75) is 45.4 Å². The average Bonchev–Trinajstić information content (AvgIpc) is 2.35. The lowest BCUT2D eigenvalue weighted by atomic mass is 9.46. The quantitative estimate of drug-likeness (QED) is 0.611. The zero-order valence-corrected chi connectivity index (χ0v) is 11.9. The van der Waals surface area contributed by atoms with Gasteiger partial charge in [-0.05, 0) is 68.6 Å². The Balaban J connectivity index is 1.84. The normalized spacial score (nSPS) is 40.2. The molecule has 0 aliphatic heterocycles. The fourth-order valence-electron chi connectivity index (χ4n) is 5.41. The highest BCUT2D eigenvalue weighted by atomic mass is 16.2. The van der Waals surface area contributed by atoms with Gasteiger partial charge in [0, 0.05) is 0 Å². The molecule has 4 saturated carbocycles. The summed E-state index contributed by atoms with van der Waals surface area (Å²) in [5, 5.41) is 13.7. The monoisotopic (exact) mass is 274 g/mol. The van der Waals surface area contributed by atoms with Crippen molar-refractivity contribution in [3.8, 4) is 6.07 Å². The molecular weight excluding hydrogens is 252 g/mol. The van der Waals surface area contributed by atoms with E-state index in [4.69, 9.17) is 5.73 Å². The van der Waals surface area contributed by atoms with Crippen LogP contribution in [0.15, 0.2) is 5.10 Å². The molecule has 20 heavy (non-hydrogen) atoms. The summed E-state index contributed by atoms with van der Waals surface area (Å²) in [6.45, 7) is 1.84. The first-order chi connectivity index (χ1) is 9.52. The van der Waals surface area contributed by atoms with Crippen molar-refractivity contribution in [1.82, 2.24) is 5.43 Å². The van der Waals surface area contributed by atoms with Gasteiger partial charge in [-0.25, -0.2) is 10.2 Å². The topological polar surface area (TPSA) is 91.3 Å². The largest absolute Gasteiger partial charge is 0.350 e. The van der Waals surface area contributed by atoms with Crippen molar-refractivity contribution in [2.24, 2.45) is 39.9 Å². The molecule has 3 N–H and O–H groups in total. The van der Waals surface area contributed by atoms with Crippen LogP contribution in [-0.2, 0) is 0 Å². The van der Waals surface area contributed by atoms with Crippen molar-refractivity contribution < 1.29 is 4.79 Å². The van der Waals surface area contributed by atoms with Crippen LogP contribution in [0.4, 0.5) is 4.79 Å². The maximum Gasteiger partial charge on any atom is 0.332 e. The Hall–Kier alpha value is -1.57. The molecule has 0 aromatic rings. The minimum absolute atomic E-state index is 0.0937. The lowest BCUT2D eigenvalue weighted by molar-refractivity contribution is -0.0622. The van der Waals surface area contributed by atoms with E-state index in [-0.39, 0.29) is 11.3 Å². The summed E-state index contributed by atoms with van der Waals surface area (Å²) >= 11 is 0. The van der Waals surface area contributed by atoms with Crippen molar-refractivity contribution in [3.63, 3.8) is 0 Å². The van der Waals surface area contributed by atoms with Gasteiger partial charge in [-0.15, -0.1) is 0 Å². The summed E-state index contributed by atoms with van der Waals surface area (Å²) in [5.74, 6) is 2.21. The second-order valence-corrected chi connectivity index (χ2v) is 7.07. The minimum Gasteiger partial charge on any atom is -0.350 e. The van der Waals surface area contributed by atoms with E-state index in [9.17, 15) is 10.1 Å². The first-order valence-electron chi connectivity index (χ1n) is 7.51. The molecule has 4 fully saturated rings. The number of amides is 2. The predicted octanol–water partition coefficient (Wildman–Crippen LogP) is 2.39. The number of urea groups is 1. The van der Waals surface area contributed by atoms with Gasteiger partial charge in [0.2, 0.25) is 0 Å². The van der Waals surface area contributed by atoms with Crippen LogP contribution in [0.3, 0.4) is 0 Å². The Morgan fingerprint density at radius 3 is 2.20 bits per heavy atom. The van der Waals surface area contributed by atoms with Gasteiger partial charge in [0.25, 0.3) is 0 Å². The van der Waals surface area contributed by atoms with E-state index < -0.39 is 6.03 Å². The van der Waals surface area contributed by atoms with Gasteiger partial charge in [0.05, 0.1) is 17.7 Å². The van der Waals surface area contributed by atoms with Gasteiger partial charge < -0.3 is 5.73 Å². The van der Waals surface area contributed by atoms with Crippen LogP contribution >= 0.6 is 0 Å². The van der Waals surface area contributed by atoms with E-state index in [1.54, 1.807) is 0 Å². The second kappa shape index (κ2) is 4.76. The number of carbonyl (C=O) groups is 1. The van der Waals surface area contributed by atoms with Gasteiger partial charge in [-0.3, -0.25) is 0 Å². The second-order valence-electron chi connectivity index (χ2n) is 7.07. The molecule has 0 spiro atoms. The number of nitriles is 1. The van der Waals surface area contributed by atoms with Crippen LogP contribution in [-0.4, -0.2) is 11.7 Å². The van der Waals surface area contributed by atoms with E-state index in [2.05, 4.69) is 16.6 Å². The maximum atomic E-state index is 10.8. The molecular formula is C15H22N4O. The molecule has 4 bridgehead atoms. The highest BCUT2D eigenvalue weighted by Crippen LogP contribution is 2.62. The van der Waals surface area contributed by atoms with Crippen molar-refractivity contribution in [2.75, 3.05) is 0 Å². The Bertz CT molecular complexity index is 455. The van der Waals surface area contributed by atoms with Crippen molar-refractivity contribution in [1.29, 1.82) is 5.26 Å². The van der Waals surface area contributed by atoms with E-state index in [1.807, 2.05) is 6.92 Å². The van der Waals surface area contributed by atoms with E-state index >= 15 is 0 Å². The summed E-state index contributed by atoms with van der Waals surface area (Å²) in [5.41, 5.74) is 8.11. The Labute approximate surface area is 119 Å². The molecule has 0 heterocycles. The third kappa shape index (κ3) is 2.17. The SMILES string of the molecule is C/C(=N\NC(N)=O)C(C#N)C12CC3CC(CC(C3)C1)C2. The lowest BCUT2D eigenvalue weighted by Crippen LogP contribution is -2.51. The molecule has 0 radical (unpaired) electrons. The number of primary amides is 1. The van der Waals surface area contributed by atoms with Crippen LogP contribution in [0.1, 0.15) is 45.4 Å². The zero-order valence-electron chi connectivity index (χ0n) is 11.9. The van der Waals surface area contributed by atoms with Crippen LogP contribution < -0.4 is 11.2 Å². The predicted molar refractivity (Wildman–Crippen MR) is 75.5 cm³/mol. The molecule has 1 atom stereocenters. The van der Waals surface area contributed by atoms with Gasteiger partial charge in [-0.1, -0.05) is 0 Å². The summed E-state index contributed by atoms with van der Waals surface area (Å²) < 4.78 is 0. The molecule has 5 nitrogen and oxygen atoms in total. The lowest BCUT2D eigenvalue weighted by Gasteiger charge is -2.58. The third-order valence-electron chi connectivity index (χ3n) is 5.59. The van der Waals surface area contributed by atoms with Crippen molar-refractivity contribution >= 4 is 11.7 Å². The number of hydrogen-bond donors (Lipinski definition) is 2. The molecule has 0 aromatic heterocycles. The van der Waals surface area contributed by atoms with Gasteiger partial charge >= 0.3 is 6.03 Å². The molecule has 4 aliphatic carbocycles. The summed E-state index contributed by atoms with van der Waals surface area (Å²) in [7, 11) is 0. The standard InChI is InChI=1S/C15H22N4O/c1-9(18-19-14(17)20)13(8-16)15-5-10-2-11(6-15)4-12(3-10)7-15/h10-13H,2-7H2,1H3,(H3,17,19,20)/b18-9+. The Kier molecular flexibility index (Phi) is 3.19. The van der Waals surface area contributed by atoms with Gasteiger partial charge in [-0.2, -0.15) is 10.4 Å². The molecule has 108 valence electrons. The molecule has 5 heteroatoms. The van der Waals surface area contributed by atoms with Crippen LogP contribution in [0.5, 0.6) is 0 Å². The number of nitrogens with zero attached hydrogens (tertiary/aromatic N) is 2. The van der Waals surface area contributed by atoms with Crippen LogP contribution in [0.25, 0.3) is 0 Å². The first-order valence-corrected chi connectivity index (χ1v) is 7.51. The fourth-order valence-corrected chi connectivity index (χ4v) is 5.41. The molecule has 4 aliphatic rings. The summed E-state index contributed by atoms with van der Waals surface area (Å²) in [6.07, 6.45) is 7.52. The van der Waals surface area contributed by atoms with Crippen molar-refractivity contribution in [3.05, 3.63) is 0 Å². The van der Waals surface area contributed by atoms with Gasteiger partial charge in [0.15, 0.2) is 0 Å². The number of hydrazone groups is 1. The van der Waals surface area contributed by atoms with E-state index in [1.165, 1.54) is 19.3 Å². The first kappa shape index (κ1) is 13.4. The third-order valence-corrected chi connectivity index (χ3v) is 5.59. The fraction of sp³-hybridized carbons (Fsp3) is 0.800. The molecule has 0 aromatic carbocycles. The summed E-state index contributed by atoms with van der Waals surface area (Å²) in [6, 6.07) is 1.79. The zero-order chi connectivity index (χ0) is 14.3. The molecule has 4 rings (SSSR count). The highest BCUT2D eigenvalue weighted by Gasteiger charge is 2.55. The molecule has 1 unspecified atom stereocenters. The molecule has 0 saturated heterocycles. The number of nitrogens with two attached hydrogens (primary N) is 1. The number of carbonyl (C=O) groups excluding carboxylic acids is 1. The Morgan fingerprint density at radius 2 is 1.80 bits per heavy atom. The number of hydrogen-bond acceptors (Lipinski definition) is 3. The number of nitrogens with one attached hydrogen (secondary N) is 1. The van der Waals surface area contributed by atoms with E-state index in [0.29, 0.717) is 5.71 Å². The van der Waals surface area contributed by atoms with E-state index in [0.717, 1.165) is 37.0 Å². The smallest absolute Gasteiger partial charge is 0.332 e. The number of rotatable bonds is 3. The van der Waals surface area contributed by atoms with Crippen LogP contribution in [0.2, 0.25) is 0 Å². The molecule has 2 amide bonds. The van der Waals surface area contributed by atoms with Crippen LogP contribution in [0, 0.1) is 40.4 Å². The average molecular weight is 274 g/mol. The van der Waals surface area contributed by atoms with Gasteiger partial charge in [0.1, 0.15) is 0 Å². The maximum absolute atomic E-state index is 10.8. The Morgan fingerprint density at radius 1 is 1.30 bits per heavy atom. The minimum atomic E-state index is -0.674. The summed E-state index contributed by atoms with van der Waals surface area (Å²) in [4.78, 5) is 10.8.